The van der Waals surface area contributed by atoms with Gasteiger partial charge in [0, 0.05) is 7.05 Å². The third kappa shape index (κ3) is 3.14. The minimum atomic E-state index is -3.99. The van der Waals surface area contributed by atoms with Gasteiger partial charge in [0.05, 0.1) is 12.2 Å². The second kappa shape index (κ2) is 5.11. The van der Waals surface area contributed by atoms with Gasteiger partial charge in [-0.05, 0) is 12.1 Å². The molecule has 0 aromatic heterocycles. The van der Waals surface area contributed by atoms with Crippen molar-refractivity contribution in [3.8, 4) is 0 Å². The van der Waals surface area contributed by atoms with Gasteiger partial charge in [0.15, 0.2) is 0 Å². The van der Waals surface area contributed by atoms with E-state index in [9.17, 15) is 17.6 Å². The topological polar surface area (TPSA) is 101 Å². The fraction of sp³-hybridized carbons (Fsp3) is 0.222. The molecule has 0 aliphatic carbocycles. The predicted molar refractivity (Wildman–Crippen MR) is 60.1 cm³/mol. The first-order valence-electron chi connectivity index (χ1n) is 4.62. The molecule has 0 heterocycles. The molecule has 4 N–H and O–H groups in total. The largest absolute Gasteiger partial charge is 0.395 e. The minimum Gasteiger partial charge on any atom is -0.395 e. The number of para-hydroxylation sites is 1. The van der Waals surface area contributed by atoms with Gasteiger partial charge >= 0.3 is 0 Å². The zero-order valence-electron chi connectivity index (χ0n) is 9.03. The van der Waals surface area contributed by atoms with E-state index in [4.69, 9.17) is 5.73 Å². The number of anilines is 1. The quantitative estimate of drug-likeness (QED) is 0.632. The number of rotatable bonds is 4. The molecule has 0 fully saturated rings. The van der Waals surface area contributed by atoms with Crippen molar-refractivity contribution in [1.29, 1.82) is 0 Å². The summed E-state index contributed by atoms with van der Waals surface area (Å²) in [6, 6.07) is 3.43. The standard InChI is InChI=1S/C9H12FN3O3S/c1-12-8(14)5-13-17(15,16)7-4-2-3-6(10)9(7)11/h2-4,13H,5,11H2,1H3,(H,12,14). The van der Waals surface area contributed by atoms with Gasteiger partial charge in [-0.2, -0.15) is 0 Å². The molecule has 0 saturated heterocycles. The maximum atomic E-state index is 13.1. The number of halogens is 1. The molecule has 1 amide bonds. The Hall–Kier alpha value is -1.67. The highest BCUT2D eigenvalue weighted by molar-refractivity contribution is 7.89. The molecular formula is C9H12FN3O3S. The van der Waals surface area contributed by atoms with Gasteiger partial charge < -0.3 is 11.1 Å². The number of sulfonamides is 1. The molecule has 0 aliphatic heterocycles. The van der Waals surface area contributed by atoms with Gasteiger partial charge in [-0.15, -0.1) is 0 Å². The first kappa shape index (κ1) is 13.4. The number of hydrogen-bond donors (Lipinski definition) is 3. The Morgan fingerprint density at radius 2 is 2.12 bits per heavy atom. The maximum Gasteiger partial charge on any atom is 0.243 e. The average molecular weight is 261 g/mol. The molecule has 94 valence electrons. The summed E-state index contributed by atoms with van der Waals surface area (Å²) in [5.41, 5.74) is 4.84. The number of hydrogen-bond acceptors (Lipinski definition) is 4. The van der Waals surface area contributed by atoms with Crippen LogP contribution in [-0.4, -0.2) is 27.9 Å². The molecule has 0 unspecified atom stereocenters. The smallest absolute Gasteiger partial charge is 0.243 e. The second-order valence-electron chi connectivity index (χ2n) is 3.15. The van der Waals surface area contributed by atoms with Crippen LogP contribution in [0.25, 0.3) is 0 Å². The number of nitrogen functional groups attached to an aromatic ring is 1. The summed E-state index contributed by atoms with van der Waals surface area (Å²) in [7, 11) is -2.63. The number of nitrogens with one attached hydrogen (secondary N) is 2. The molecule has 0 spiro atoms. The van der Waals surface area contributed by atoms with Crippen molar-refractivity contribution in [2.45, 2.75) is 4.90 Å². The summed E-state index contributed by atoms with van der Waals surface area (Å²) < 4.78 is 38.5. The average Bonchev–Trinajstić information content (AvgIpc) is 2.29. The Kier molecular flexibility index (Phi) is 4.02. The van der Waals surface area contributed by atoms with E-state index in [-0.39, 0.29) is 4.90 Å². The van der Waals surface area contributed by atoms with E-state index in [0.29, 0.717) is 0 Å². The van der Waals surface area contributed by atoms with Crippen LogP contribution in [0.15, 0.2) is 23.1 Å². The zero-order chi connectivity index (χ0) is 13.1. The fourth-order valence-corrected chi connectivity index (χ4v) is 2.20. The summed E-state index contributed by atoms with van der Waals surface area (Å²) in [5.74, 6) is -1.34. The van der Waals surface area contributed by atoms with E-state index in [1.54, 1.807) is 0 Å². The first-order chi connectivity index (χ1) is 7.88. The van der Waals surface area contributed by atoms with Gasteiger partial charge in [-0.25, -0.2) is 17.5 Å². The van der Waals surface area contributed by atoms with Crippen LogP contribution in [0.3, 0.4) is 0 Å². The SMILES string of the molecule is CNC(=O)CNS(=O)(=O)c1cccc(F)c1N. The second-order valence-corrected chi connectivity index (χ2v) is 4.88. The van der Waals surface area contributed by atoms with Gasteiger partial charge in [-0.3, -0.25) is 4.79 Å². The monoisotopic (exact) mass is 261 g/mol. The molecule has 0 atom stereocenters. The van der Waals surface area contributed by atoms with Crippen molar-refractivity contribution in [1.82, 2.24) is 10.0 Å². The van der Waals surface area contributed by atoms with E-state index in [1.807, 2.05) is 4.72 Å². The Bertz CT molecular complexity index is 530. The van der Waals surface area contributed by atoms with Crippen LogP contribution in [0.2, 0.25) is 0 Å². The van der Waals surface area contributed by atoms with Crippen molar-refractivity contribution in [2.75, 3.05) is 19.3 Å². The lowest BCUT2D eigenvalue weighted by atomic mass is 10.3. The molecule has 0 radical (unpaired) electrons. The number of carbonyl (C=O) groups is 1. The van der Waals surface area contributed by atoms with Crippen LogP contribution < -0.4 is 15.8 Å². The summed E-state index contributed by atoms with van der Waals surface area (Å²) >= 11 is 0. The van der Waals surface area contributed by atoms with Gasteiger partial charge in [0.25, 0.3) is 0 Å². The molecule has 0 bridgehead atoms. The van der Waals surface area contributed by atoms with Crippen molar-refractivity contribution < 1.29 is 17.6 Å². The summed E-state index contributed by atoms with van der Waals surface area (Å²) in [5, 5.41) is 2.24. The van der Waals surface area contributed by atoms with Crippen LogP contribution in [0.1, 0.15) is 0 Å². The summed E-state index contributed by atoms with van der Waals surface area (Å²) in [6.07, 6.45) is 0. The highest BCUT2D eigenvalue weighted by atomic mass is 32.2. The zero-order valence-corrected chi connectivity index (χ0v) is 9.84. The molecule has 1 aromatic rings. The van der Waals surface area contributed by atoms with Crippen LogP contribution in [-0.2, 0) is 14.8 Å². The molecule has 17 heavy (non-hydrogen) atoms. The highest BCUT2D eigenvalue weighted by Crippen LogP contribution is 2.20. The van der Waals surface area contributed by atoms with Gasteiger partial charge in [0.1, 0.15) is 10.7 Å². The lowest BCUT2D eigenvalue weighted by Gasteiger charge is -2.08. The Morgan fingerprint density at radius 1 is 1.47 bits per heavy atom. The van der Waals surface area contributed by atoms with Crippen LogP contribution in [0, 0.1) is 5.82 Å². The summed E-state index contributed by atoms with van der Waals surface area (Å²) in [4.78, 5) is 10.5. The lowest BCUT2D eigenvalue weighted by molar-refractivity contribution is -0.119. The molecule has 0 saturated carbocycles. The highest BCUT2D eigenvalue weighted by Gasteiger charge is 2.19. The minimum absolute atomic E-state index is 0.388. The van der Waals surface area contributed by atoms with Crippen molar-refractivity contribution >= 4 is 21.6 Å². The van der Waals surface area contributed by atoms with Crippen molar-refractivity contribution in [2.24, 2.45) is 0 Å². The molecule has 1 aromatic carbocycles. The molecule has 6 nitrogen and oxygen atoms in total. The molecular weight excluding hydrogens is 249 g/mol. The third-order valence-electron chi connectivity index (χ3n) is 2.00. The van der Waals surface area contributed by atoms with Crippen molar-refractivity contribution in [3.05, 3.63) is 24.0 Å². The number of likely N-dealkylation sites (N-methyl/N-ethyl adjacent to an activating group) is 1. The van der Waals surface area contributed by atoms with E-state index in [2.05, 4.69) is 5.32 Å². The summed E-state index contributed by atoms with van der Waals surface area (Å²) in [6.45, 7) is -0.436. The third-order valence-corrected chi connectivity index (χ3v) is 3.46. The van der Waals surface area contributed by atoms with Crippen LogP contribution in [0.4, 0.5) is 10.1 Å². The first-order valence-corrected chi connectivity index (χ1v) is 6.11. The van der Waals surface area contributed by atoms with E-state index >= 15 is 0 Å². The number of benzene rings is 1. The lowest BCUT2D eigenvalue weighted by Crippen LogP contribution is -2.35. The van der Waals surface area contributed by atoms with Gasteiger partial charge in [-0.1, -0.05) is 6.07 Å². The fourth-order valence-electron chi connectivity index (χ4n) is 1.08. The number of amides is 1. The molecule has 0 aliphatic rings. The molecule has 8 heteroatoms. The van der Waals surface area contributed by atoms with E-state index < -0.39 is 34.0 Å². The van der Waals surface area contributed by atoms with Crippen LogP contribution in [0.5, 0.6) is 0 Å². The maximum absolute atomic E-state index is 13.1. The Morgan fingerprint density at radius 3 is 2.71 bits per heavy atom. The predicted octanol–water partition coefficient (Wildman–Crippen LogP) is -0.568. The van der Waals surface area contributed by atoms with Crippen LogP contribution >= 0.6 is 0 Å². The van der Waals surface area contributed by atoms with E-state index in [0.717, 1.165) is 12.1 Å². The molecule has 1 rings (SSSR count). The Labute approximate surface area is 98.1 Å². The number of nitrogens with two attached hydrogens (primary N) is 1. The Balaban J connectivity index is 2.98. The van der Waals surface area contributed by atoms with E-state index in [1.165, 1.54) is 13.1 Å². The number of carbonyl (C=O) groups excluding carboxylic acids is 1. The van der Waals surface area contributed by atoms with Crippen molar-refractivity contribution in [3.63, 3.8) is 0 Å². The normalized spacial score (nSPS) is 11.2. The van der Waals surface area contributed by atoms with Gasteiger partial charge in [0.2, 0.25) is 15.9 Å².